The van der Waals surface area contributed by atoms with E-state index < -0.39 is 10.0 Å². The minimum Gasteiger partial charge on any atom is -0.310 e. The monoisotopic (exact) mass is 365 g/mol. The SMILES string of the molecule is CC(C)c1nc(CNCCS(=O)(=O)N2CCc3ccccc32)cs1. The number of benzene rings is 1. The van der Waals surface area contributed by atoms with E-state index in [1.807, 2.05) is 29.6 Å². The molecule has 1 aliphatic rings. The van der Waals surface area contributed by atoms with Gasteiger partial charge in [-0.25, -0.2) is 13.4 Å². The van der Waals surface area contributed by atoms with Crippen LogP contribution in [0.1, 0.15) is 36.0 Å². The molecule has 3 rings (SSSR count). The molecule has 2 heterocycles. The number of thiazole rings is 1. The fourth-order valence-corrected chi connectivity index (χ4v) is 5.10. The third kappa shape index (κ3) is 3.79. The van der Waals surface area contributed by atoms with Gasteiger partial charge in [0.15, 0.2) is 0 Å². The van der Waals surface area contributed by atoms with Crippen LogP contribution in [-0.2, 0) is 23.0 Å². The molecule has 5 nitrogen and oxygen atoms in total. The molecule has 0 radical (unpaired) electrons. The zero-order valence-corrected chi connectivity index (χ0v) is 15.7. The van der Waals surface area contributed by atoms with Crippen molar-refractivity contribution in [2.45, 2.75) is 32.7 Å². The van der Waals surface area contributed by atoms with Crippen molar-refractivity contribution in [2.24, 2.45) is 0 Å². The Bertz CT molecular complexity index is 800. The standard InChI is InChI=1S/C17H23N3O2S2/c1-13(2)17-19-15(12-23-17)11-18-8-10-24(21,22)20-9-7-14-5-3-4-6-16(14)20/h3-6,12-13,18H,7-11H2,1-2H3. The molecule has 1 aliphatic heterocycles. The molecule has 7 heteroatoms. The number of hydrogen-bond donors (Lipinski definition) is 1. The molecule has 0 atom stereocenters. The number of rotatable bonds is 7. The lowest BCUT2D eigenvalue weighted by atomic mass is 10.2. The van der Waals surface area contributed by atoms with Gasteiger partial charge >= 0.3 is 0 Å². The normalized spacial score (nSPS) is 14.4. The quantitative estimate of drug-likeness (QED) is 0.767. The summed E-state index contributed by atoms with van der Waals surface area (Å²) in [5.41, 5.74) is 2.92. The number of anilines is 1. The van der Waals surface area contributed by atoms with Crippen LogP contribution in [0.2, 0.25) is 0 Å². The van der Waals surface area contributed by atoms with Crippen molar-refractivity contribution >= 4 is 27.0 Å². The topological polar surface area (TPSA) is 62.3 Å². The first-order valence-corrected chi connectivity index (χ1v) is 10.7. The molecular formula is C17H23N3O2S2. The fraction of sp³-hybridized carbons (Fsp3) is 0.471. The summed E-state index contributed by atoms with van der Waals surface area (Å²) in [6.07, 6.45) is 0.791. The summed E-state index contributed by atoms with van der Waals surface area (Å²) in [4.78, 5) is 4.55. The number of nitrogens with one attached hydrogen (secondary N) is 1. The van der Waals surface area contributed by atoms with Gasteiger partial charge in [0.2, 0.25) is 10.0 Å². The Hall–Kier alpha value is -1.44. The van der Waals surface area contributed by atoms with Crippen molar-refractivity contribution in [1.29, 1.82) is 0 Å². The van der Waals surface area contributed by atoms with Gasteiger partial charge in [0, 0.05) is 30.9 Å². The Morgan fingerprint density at radius 1 is 1.33 bits per heavy atom. The van der Waals surface area contributed by atoms with Crippen molar-refractivity contribution < 1.29 is 8.42 Å². The first-order valence-electron chi connectivity index (χ1n) is 8.21. The van der Waals surface area contributed by atoms with Crippen LogP contribution >= 0.6 is 11.3 Å². The van der Waals surface area contributed by atoms with E-state index in [-0.39, 0.29) is 5.75 Å². The number of para-hydroxylation sites is 1. The Morgan fingerprint density at radius 3 is 2.88 bits per heavy atom. The summed E-state index contributed by atoms with van der Waals surface area (Å²) in [6.45, 7) is 5.82. The Balaban J connectivity index is 1.53. The minimum absolute atomic E-state index is 0.0997. The highest BCUT2D eigenvalue weighted by Crippen LogP contribution is 2.29. The molecule has 1 aromatic heterocycles. The van der Waals surface area contributed by atoms with Crippen LogP contribution in [0.3, 0.4) is 0 Å². The molecule has 2 aromatic rings. The number of aromatic nitrogens is 1. The second-order valence-corrected chi connectivity index (χ2v) is 9.18. The molecule has 0 spiro atoms. The number of fused-ring (bicyclic) bond motifs is 1. The second kappa shape index (κ2) is 7.21. The van der Waals surface area contributed by atoms with Crippen molar-refractivity contribution in [3.8, 4) is 0 Å². The van der Waals surface area contributed by atoms with Crippen molar-refractivity contribution in [1.82, 2.24) is 10.3 Å². The largest absolute Gasteiger partial charge is 0.310 e. The Labute approximate surface area is 147 Å². The third-order valence-corrected chi connectivity index (χ3v) is 7.05. The van der Waals surface area contributed by atoms with Crippen LogP contribution in [0, 0.1) is 0 Å². The van der Waals surface area contributed by atoms with E-state index in [2.05, 4.69) is 24.1 Å². The lowest BCUT2D eigenvalue weighted by Gasteiger charge is -2.19. The van der Waals surface area contributed by atoms with Crippen LogP contribution in [0.4, 0.5) is 5.69 Å². The van der Waals surface area contributed by atoms with Crippen molar-refractivity contribution in [2.75, 3.05) is 23.1 Å². The van der Waals surface area contributed by atoms with Crippen molar-refractivity contribution in [3.05, 3.63) is 45.9 Å². The minimum atomic E-state index is -3.28. The maximum Gasteiger partial charge on any atom is 0.236 e. The van der Waals surface area contributed by atoms with E-state index in [1.165, 1.54) is 0 Å². The van der Waals surface area contributed by atoms with Gasteiger partial charge in [-0.1, -0.05) is 32.0 Å². The fourth-order valence-electron chi connectivity index (χ4n) is 2.79. The highest BCUT2D eigenvalue weighted by molar-refractivity contribution is 7.92. The van der Waals surface area contributed by atoms with Crippen LogP contribution in [-0.4, -0.2) is 32.2 Å². The average Bonchev–Trinajstić information content (AvgIpc) is 3.18. The summed E-state index contributed by atoms with van der Waals surface area (Å²) in [5, 5.41) is 6.35. The maximum absolute atomic E-state index is 12.6. The Morgan fingerprint density at radius 2 is 2.12 bits per heavy atom. The predicted octanol–water partition coefficient (Wildman–Crippen LogP) is 2.75. The molecule has 0 fully saturated rings. The van der Waals surface area contributed by atoms with Gasteiger partial charge in [-0.2, -0.15) is 0 Å². The van der Waals surface area contributed by atoms with Gasteiger partial charge in [-0.05, 0) is 18.1 Å². The van der Waals surface area contributed by atoms with E-state index in [4.69, 9.17) is 0 Å². The molecule has 0 aliphatic carbocycles. The van der Waals surface area contributed by atoms with Gasteiger partial charge in [0.1, 0.15) is 0 Å². The average molecular weight is 366 g/mol. The van der Waals surface area contributed by atoms with E-state index in [1.54, 1.807) is 15.6 Å². The highest BCUT2D eigenvalue weighted by Gasteiger charge is 2.28. The molecule has 1 N–H and O–H groups in total. The molecule has 1 aromatic carbocycles. The summed E-state index contributed by atoms with van der Waals surface area (Å²) in [6, 6.07) is 7.73. The van der Waals surface area contributed by atoms with Crippen LogP contribution in [0.25, 0.3) is 0 Å². The first kappa shape index (κ1) is 17.4. The summed E-state index contributed by atoms with van der Waals surface area (Å²) < 4.78 is 26.7. The van der Waals surface area contributed by atoms with Crippen LogP contribution in [0.5, 0.6) is 0 Å². The molecule has 0 amide bonds. The van der Waals surface area contributed by atoms with E-state index in [9.17, 15) is 8.42 Å². The molecule has 24 heavy (non-hydrogen) atoms. The van der Waals surface area contributed by atoms with Gasteiger partial charge in [0.25, 0.3) is 0 Å². The molecule has 0 bridgehead atoms. The molecular weight excluding hydrogens is 342 g/mol. The Kier molecular flexibility index (Phi) is 5.22. The number of sulfonamides is 1. The van der Waals surface area contributed by atoms with Crippen LogP contribution in [0.15, 0.2) is 29.6 Å². The lowest BCUT2D eigenvalue weighted by Crippen LogP contribution is -2.35. The molecule has 0 saturated heterocycles. The van der Waals surface area contributed by atoms with Gasteiger partial charge in [-0.15, -0.1) is 11.3 Å². The second-order valence-electron chi connectivity index (χ2n) is 6.28. The number of hydrogen-bond acceptors (Lipinski definition) is 5. The first-order chi connectivity index (χ1) is 11.5. The predicted molar refractivity (Wildman–Crippen MR) is 99.2 cm³/mol. The molecule has 0 saturated carbocycles. The van der Waals surface area contributed by atoms with Gasteiger partial charge in [-0.3, -0.25) is 4.31 Å². The maximum atomic E-state index is 12.6. The summed E-state index contributed by atoms with van der Waals surface area (Å²) in [5.74, 6) is 0.530. The summed E-state index contributed by atoms with van der Waals surface area (Å²) >= 11 is 1.66. The van der Waals surface area contributed by atoms with Gasteiger partial charge < -0.3 is 5.32 Å². The zero-order chi connectivity index (χ0) is 17.2. The van der Waals surface area contributed by atoms with E-state index >= 15 is 0 Å². The van der Waals surface area contributed by atoms with Crippen molar-refractivity contribution in [3.63, 3.8) is 0 Å². The summed E-state index contributed by atoms with van der Waals surface area (Å²) in [7, 11) is -3.28. The smallest absolute Gasteiger partial charge is 0.236 e. The lowest BCUT2D eigenvalue weighted by molar-refractivity contribution is 0.586. The zero-order valence-electron chi connectivity index (χ0n) is 14.0. The third-order valence-electron chi connectivity index (χ3n) is 4.09. The van der Waals surface area contributed by atoms with Crippen LogP contribution < -0.4 is 9.62 Å². The number of nitrogens with zero attached hydrogens (tertiary/aromatic N) is 2. The highest BCUT2D eigenvalue weighted by atomic mass is 32.2. The molecule has 130 valence electrons. The molecule has 0 unspecified atom stereocenters. The van der Waals surface area contributed by atoms with Gasteiger partial charge in [0.05, 0.1) is 22.1 Å². The van der Waals surface area contributed by atoms with E-state index in [0.717, 1.165) is 28.4 Å². The van der Waals surface area contributed by atoms with E-state index in [0.29, 0.717) is 25.6 Å².